The Morgan fingerprint density at radius 3 is 2.81 bits per heavy atom. The summed E-state index contributed by atoms with van der Waals surface area (Å²) < 4.78 is 7.29. The molecule has 1 aromatic carbocycles. The molecule has 1 aliphatic rings. The van der Waals surface area contributed by atoms with Gasteiger partial charge in [0, 0.05) is 32.3 Å². The lowest BCUT2D eigenvalue weighted by atomic mass is 10.00. The maximum absolute atomic E-state index is 12.8. The van der Waals surface area contributed by atoms with Crippen LogP contribution in [0.25, 0.3) is 11.1 Å². The molecule has 3 aromatic rings. The van der Waals surface area contributed by atoms with Crippen molar-refractivity contribution in [2.45, 2.75) is 13.0 Å². The van der Waals surface area contributed by atoms with E-state index in [0.717, 1.165) is 24.1 Å². The number of aromatic nitrogens is 1. The quantitative estimate of drug-likeness (QED) is 0.687. The van der Waals surface area contributed by atoms with Crippen molar-refractivity contribution in [3.63, 3.8) is 0 Å². The van der Waals surface area contributed by atoms with Gasteiger partial charge >= 0.3 is 0 Å². The predicted molar refractivity (Wildman–Crippen MR) is 80.1 cm³/mol. The second-order valence-electron chi connectivity index (χ2n) is 5.50. The molecular weight excluding hydrogens is 264 g/mol. The molecule has 0 saturated heterocycles. The number of furan rings is 1. The molecule has 4 nitrogen and oxygen atoms in total. The first-order chi connectivity index (χ1) is 10.2. The SMILES string of the molecule is Cn1c(C(=O)N2CCc3ccccc3C2)cc2occc21. The van der Waals surface area contributed by atoms with Crippen molar-refractivity contribution in [2.75, 3.05) is 6.54 Å². The lowest BCUT2D eigenvalue weighted by Crippen LogP contribution is -2.36. The van der Waals surface area contributed by atoms with Crippen molar-refractivity contribution in [1.82, 2.24) is 9.47 Å². The zero-order valence-electron chi connectivity index (χ0n) is 11.9. The van der Waals surface area contributed by atoms with Crippen molar-refractivity contribution in [3.8, 4) is 0 Å². The minimum atomic E-state index is 0.0680. The van der Waals surface area contributed by atoms with Crippen molar-refractivity contribution in [3.05, 3.63) is 59.5 Å². The van der Waals surface area contributed by atoms with E-state index in [9.17, 15) is 4.79 Å². The first-order valence-corrected chi connectivity index (χ1v) is 7.13. The monoisotopic (exact) mass is 280 g/mol. The van der Waals surface area contributed by atoms with Gasteiger partial charge in [-0.25, -0.2) is 0 Å². The number of nitrogens with zero attached hydrogens (tertiary/aromatic N) is 2. The fourth-order valence-corrected chi connectivity index (χ4v) is 3.09. The van der Waals surface area contributed by atoms with Crippen LogP contribution < -0.4 is 0 Å². The maximum Gasteiger partial charge on any atom is 0.270 e. The summed E-state index contributed by atoms with van der Waals surface area (Å²) in [6, 6.07) is 12.1. The Balaban J connectivity index is 1.66. The Labute approximate surface area is 122 Å². The lowest BCUT2D eigenvalue weighted by Gasteiger charge is -2.28. The molecule has 2 aromatic heterocycles. The van der Waals surface area contributed by atoms with Gasteiger partial charge in [0.1, 0.15) is 5.69 Å². The highest BCUT2D eigenvalue weighted by atomic mass is 16.3. The van der Waals surface area contributed by atoms with Gasteiger partial charge in [-0.2, -0.15) is 0 Å². The van der Waals surface area contributed by atoms with E-state index < -0.39 is 0 Å². The molecule has 0 fully saturated rings. The zero-order chi connectivity index (χ0) is 14.4. The highest BCUT2D eigenvalue weighted by Gasteiger charge is 2.24. The molecule has 4 heteroatoms. The van der Waals surface area contributed by atoms with Crippen LogP contribution in [0.15, 0.2) is 47.1 Å². The van der Waals surface area contributed by atoms with Crippen LogP contribution in [-0.4, -0.2) is 21.9 Å². The van der Waals surface area contributed by atoms with Gasteiger partial charge in [-0.1, -0.05) is 24.3 Å². The number of benzene rings is 1. The average molecular weight is 280 g/mol. The third kappa shape index (κ3) is 1.87. The fraction of sp³-hybridized carbons (Fsp3) is 0.235. The van der Waals surface area contributed by atoms with Crippen LogP contribution in [0.4, 0.5) is 0 Å². The van der Waals surface area contributed by atoms with Crippen LogP contribution in [-0.2, 0) is 20.0 Å². The summed E-state index contributed by atoms with van der Waals surface area (Å²) >= 11 is 0. The number of rotatable bonds is 1. The van der Waals surface area contributed by atoms with Gasteiger partial charge in [0.25, 0.3) is 5.91 Å². The number of fused-ring (bicyclic) bond motifs is 2. The van der Waals surface area contributed by atoms with E-state index in [4.69, 9.17) is 4.42 Å². The van der Waals surface area contributed by atoms with Crippen LogP contribution in [0, 0.1) is 0 Å². The number of aryl methyl sites for hydroxylation is 1. The van der Waals surface area contributed by atoms with Crippen LogP contribution in [0.1, 0.15) is 21.6 Å². The number of amides is 1. The molecule has 3 heterocycles. The van der Waals surface area contributed by atoms with Gasteiger partial charge in [0.15, 0.2) is 5.58 Å². The summed E-state index contributed by atoms with van der Waals surface area (Å²) in [6.45, 7) is 1.45. The Hall–Kier alpha value is -2.49. The number of carbonyl (C=O) groups excluding carboxylic acids is 1. The zero-order valence-corrected chi connectivity index (χ0v) is 11.9. The molecule has 1 amide bonds. The molecule has 0 N–H and O–H groups in total. The summed E-state index contributed by atoms with van der Waals surface area (Å²) in [5.41, 5.74) is 5.00. The fourth-order valence-electron chi connectivity index (χ4n) is 3.09. The molecule has 1 aliphatic heterocycles. The topological polar surface area (TPSA) is 38.4 Å². The second-order valence-corrected chi connectivity index (χ2v) is 5.50. The molecule has 0 unspecified atom stereocenters. The van der Waals surface area contributed by atoms with Crippen molar-refractivity contribution < 1.29 is 9.21 Å². The number of hydrogen-bond acceptors (Lipinski definition) is 2. The largest absolute Gasteiger partial charge is 0.463 e. The third-order valence-corrected chi connectivity index (χ3v) is 4.30. The summed E-state index contributed by atoms with van der Waals surface area (Å²) in [5, 5.41) is 0. The average Bonchev–Trinajstić information content (AvgIpc) is 3.09. The molecule has 21 heavy (non-hydrogen) atoms. The first-order valence-electron chi connectivity index (χ1n) is 7.13. The van der Waals surface area contributed by atoms with Crippen molar-refractivity contribution in [1.29, 1.82) is 0 Å². The Morgan fingerprint density at radius 2 is 2.00 bits per heavy atom. The van der Waals surface area contributed by atoms with E-state index in [1.807, 2.05) is 34.7 Å². The Morgan fingerprint density at radius 1 is 1.19 bits per heavy atom. The molecule has 0 atom stereocenters. The van der Waals surface area contributed by atoms with E-state index >= 15 is 0 Å². The van der Waals surface area contributed by atoms with Crippen LogP contribution in [0.3, 0.4) is 0 Å². The van der Waals surface area contributed by atoms with E-state index in [1.54, 1.807) is 6.26 Å². The van der Waals surface area contributed by atoms with Gasteiger partial charge < -0.3 is 13.9 Å². The maximum atomic E-state index is 12.8. The number of hydrogen-bond donors (Lipinski definition) is 0. The summed E-state index contributed by atoms with van der Waals surface area (Å²) in [6.07, 6.45) is 2.57. The summed E-state index contributed by atoms with van der Waals surface area (Å²) in [7, 11) is 1.91. The van der Waals surface area contributed by atoms with Gasteiger partial charge in [0.2, 0.25) is 0 Å². The Bertz CT molecular complexity index is 828. The third-order valence-electron chi connectivity index (χ3n) is 4.30. The molecular formula is C17H16N2O2. The van der Waals surface area contributed by atoms with Crippen LogP contribution in [0.2, 0.25) is 0 Å². The molecule has 0 radical (unpaired) electrons. The molecule has 0 saturated carbocycles. The van der Waals surface area contributed by atoms with Gasteiger partial charge in [-0.15, -0.1) is 0 Å². The van der Waals surface area contributed by atoms with E-state index in [0.29, 0.717) is 12.2 Å². The van der Waals surface area contributed by atoms with Crippen molar-refractivity contribution in [2.24, 2.45) is 7.05 Å². The van der Waals surface area contributed by atoms with E-state index in [-0.39, 0.29) is 5.91 Å². The minimum absolute atomic E-state index is 0.0680. The van der Waals surface area contributed by atoms with Gasteiger partial charge in [-0.05, 0) is 17.5 Å². The number of carbonyl (C=O) groups is 1. The highest BCUT2D eigenvalue weighted by molar-refractivity contribution is 5.97. The lowest BCUT2D eigenvalue weighted by molar-refractivity contribution is 0.0725. The minimum Gasteiger partial charge on any atom is -0.463 e. The molecule has 106 valence electrons. The summed E-state index contributed by atoms with van der Waals surface area (Å²) in [4.78, 5) is 14.7. The highest BCUT2D eigenvalue weighted by Crippen LogP contribution is 2.24. The molecule has 0 aliphatic carbocycles. The predicted octanol–water partition coefficient (Wildman–Crippen LogP) is 2.97. The Kier molecular flexibility index (Phi) is 2.64. The smallest absolute Gasteiger partial charge is 0.270 e. The second kappa shape index (κ2) is 4.52. The van der Waals surface area contributed by atoms with E-state index in [2.05, 4.69) is 18.2 Å². The van der Waals surface area contributed by atoms with Crippen LogP contribution >= 0.6 is 0 Å². The van der Waals surface area contributed by atoms with Gasteiger partial charge in [-0.3, -0.25) is 4.79 Å². The molecule has 0 bridgehead atoms. The molecule has 0 spiro atoms. The normalized spacial score (nSPS) is 14.4. The van der Waals surface area contributed by atoms with Crippen molar-refractivity contribution >= 4 is 17.0 Å². The first kappa shape index (κ1) is 12.3. The summed E-state index contributed by atoms with van der Waals surface area (Å²) in [5.74, 6) is 0.0680. The van der Waals surface area contributed by atoms with Gasteiger partial charge in [0.05, 0.1) is 11.8 Å². The standard InChI is InChI=1S/C17H16N2O2/c1-18-14-7-9-21-16(14)10-15(18)17(20)19-8-6-12-4-2-3-5-13(12)11-19/h2-5,7,9-10H,6,8,11H2,1H3. The van der Waals surface area contributed by atoms with Crippen LogP contribution in [0.5, 0.6) is 0 Å². The molecule has 4 rings (SSSR count). The van der Waals surface area contributed by atoms with E-state index in [1.165, 1.54) is 11.1 Å².